The minimum atomic E-state index is -1.58. The van der Waals surface area contributed by atoms with E-state index in [1.807, 2.05) is 11.3 Å². The van der Waals surface area contributed by atoms with Crippen molar-refractivity contribution in [3.63, 3.8) is 0 Å². The van der Waals surface area contributed by atoms with Gasteiger partial charge in [0.05, 0.1) is 6.10 Å². The quantitative estimate of drug-likeness (QED) is 0.717. The molecule has 0 amide bonds. The lowest BCUT2D eigenvalue weighted by Gasteiger charge is -2.38. The van der Waals surface area contributed by atoms with Crippen molar-refractivity contribution in [2.45, 2.75) is 57.8 Å². The van der Waals surface area contributed by atoms with Gasteiger partial charge in [0, 0.05) is 11.3 Å². The molecule has 0 spiro atoms. The van der Waals surface area contributed by atoms with Gasteiger partial charge in [0.1, 0.15) is 0 Å². The van der Waals surface area contributed by atoms with Crippen LogP contribution in [0.4, 0.5) is 0 Å². The normalized spacial score (nSPS) is 21.2. The van der Waals surface area contributed by atoms with Crippen molar-refractivity contribution < 1.29 is 4.43 Å². The monoisotopic (exact) mass is 254 g/mol. The molecule has 0 N–H and O–H groups in total. The molecule has 0 saturated carbocycles. The summed E-state index contributed by atoms with van der Waals surface area (Å²) < 4.78 is 6.45. The first-order valence-electron chi connectivity index (χ1n) is 6.03. The zero-order chi connectivity index (χ0) is 12.0. The summed E-state index contributed by atoms with van der Waals surface area (Å²) in [5, 5.41) is 2.52. The largest absolute Gasteiger partial charge is 0.413 e. The van der Waals surface area contributed by atoms with E-state index >= 15 is 0 Å². The van der Waals surface area contributed by atoms with Gasteiger partial charge in [-0.2, -0.15) is 0 Å². The zero-order valence-corrected chi connectivity index (χ0v) is 12.8. The average Bonchev–Trinajstić information content (AvgIpc) is 2.59. The average molecular weight is 254 g/mol. The third kappa shape index (κ3) is 2.26. The van der Waals surface area contributed by atoms with Gasteiger partial charge < -0.3 is 4.43 Å². The summed E-state index contributed by atoms with van der Waals surface area (Å²) in [6.07, 6.45) is 2.72. The molecule has 0 aliphatic heterocycles. The van der Waals surface area contributed by atoms with Crippen LogP contribution in [0.2, 0.25) is 18.1 Å². The Labute approximate surface area is 104 Å². The van der Waals surface area contributed by atoms with Crippen LogP contribution >= 0.6 is 11.3 Å². The van der Waals surface area contributed by atoms with Gasteiger partial charge in [-0.25, -0.2) is 0 Å². The molecule has 1 heterocycles. The number of rotatable bonds is 2. The van der Waals surface area contributed by atoms with Crippen molar-refractivity contribution in [1.82, 2.24) is 0 Å². The van der Waals surface area contributed by atoms with Crippen LogP contribution in [0.25, 0.3) is 0 Å². The van der Waals surface area contributed by atoms with E-state index in [2.05, 4.69) is 45.3 Å². The SMILES string of the molecule is CC(C)(C)[Si](C)(C)OC1Cc2ccsc2C1. The van der Waals surface area contributed by atoms with E-state index in [1.54, 1.807) is 4.88 Å². The van der Waals surface area contributed by atoms with E-state index in [4.69, 9.17) is 4.43 Å². The topological polar surface area (TPSA) is 9.23 Å². The molecular weight excluding hydrogens is 232 g/mol. The van der Waals surface area contributed by atoms with Gasteiger partial charge in [-0.3, -0.25) is 0 Å². The maximum absolute atomic E-state index is 6.45. The highest BCUT2D eigenvalue weighted by Gasteiger charge is 2.40. The van der Waals surface area contributed by atoms with Crippen LogP contribution in [-0.2, 0) is 17.3 Å². The van der Waals surface area contributed by atoms with Crippen molar-refractivity contribution >= 4 is 19.7 Å². The summed E-state index contributed by atoms with van der Waals surface area (Å²) in [6, 6.07) is 2.26. The van der Waals surface area contributed by atoms with Gasteiger partial charge in [-0.05, 0) is 41.6 Å². The molecule has 1 atom stereocenters. The fraction of sp³-hybridized carbons (Fsp3) is 0.692. The molecule has 90 valence electrons. The molecule has 1 unspecified atom stereocenters. The van der Waals surface area contributed by atoms with E-state index in [0.717, 1.165) is 12.8 Å². The molecule has 1 nitrogen and oxygen atoms in total. The molecule has 2 rings (SSSR count). The van der Waals surface area contributed by atoms with Crippen LogP contribution in [0, 0.1) is 0 Å². The third-order valence-corrected chi connectivity index (χ3v) is 9.49. The first-order valence-corrected chi connectivity index (χ1v) is 9.81. The summed E-state index contributed by atoms with van der Waals surface area (Å²) >= 11 is 1.88. The molecule has 0 aromatic carbocycles. The van der Waals surface area contributed by atoms with Gasteiger partial charge in [0.15, 0.2) is 8.32 Å². The maximum atomic E-state index is 6.45. The lowest BCUT2D eigenvalue weighted by atomic mass is 10.2. The first-order chi connectivity index (χ1) is 7.29. The van der Waals surface area contributed by atoms with Crippen LogP contribution in [0.5, 0.6) is 0 Å². The Kier molecular flexibility index (Phi) is 3.06. The number of hydrogen-bond donors (Lipinski definition) is 0. The highest BCUT2D eigenvalue weighted by atomic mass is 32.1. The highest BCUT2D eigenvalue weighted by molar-refractivity contribution is 7.10. The second kappa shape index (κ2) is 3.97. The summed E-state index contributed by atoms with van der Waals surface area (Å²) in [5.74, 6) is 0. The smallest absolute Gasteiger partial charge is 0.192 e. The minimum Gasteiger partial charge on any atom is -0.413 e. The minimum absolute atomic E-state index is 0.322. The fourth-order valence-corrected chi connectivity index (χ4v) is 4.26. The maximum Gasteiger partial charge on any atom is 0.192 e. The summed E-state index contributed by atoms with van der Waals surface area (Å²) in [5.41, 5.74) is 1.52. The predicted octanol–water partition coefficient (Wildman–Crippen LogP) is 4.24. The molecule has 0 bridgehead atoms. The second-order valence-electron chi connectivity index (χ2n) is 6.28. The van der Waals surface area contributed by atoms with E-state index in [-0.39, 0.29) is 0 Å². The molecular formula is C13H22OSSi. The van der Waals surface area contributed by atoms with Gasteiger partial charge >= 0.3 is 0 Å². The summed E-state index contributed by atoms with van der Waals surface area (Å²) in [6.45, 7) is 11.6. The van der Waals surface area contributed by atoms with Crippen molar-refractivity contribution in [1.29, 1.82) is 0 Å². The van der Waals surface area contributed by atoms with Crippen LogP contribution in [0.3, 0.4) is 0 Å². The lowest BCUT2D eigenvalue weighted by Crippen LogP contribution is -2.44. The van der Waals surface area contributed by atoms with E-state index < -0.39 is 8.32 Å². The van der Waals surface area contributed by atoms with Crippen LogP contribution in [0.1, 0.15) is 31.2 Å². The number of fused-ring (bicyclic) bond motifs is 1. The molecule has 0 radical (unpaired) electrons. The van der Waals surface area contributed by atoms with Gasteiger partial charge in [0.25, 0.3) is 0 Å². The van der Waals surface area contributed by atoms with Crippen LogP contribution in [0.15, 0.2) is 11.4 Å². The lowest BCUT2D eigenvalue weighted by molar-refractivity contribution is 0.192. The molecule has 1 aromatic heterocycles. The third-order valence-electron chi connectivity index (χ3n) is 3.97. The predicted molar refractivity (Wildman–Crippen MR) is 73.8 cm³/mol. The van der Waals surface area contributed by atoms with Crippen molar-refractivity contribution in [3.05, 3.63) is 21.9 Å². The van der Waals surface area contributed by atoms with Gasteiger partial charge in [0.2, 0.25) is 0 Å². The van der Waals surface area contributed by atoms with Crippen molar-refractivity contribution in [3.8, 4) is 0 Å². The highest BCUT2D eigenvalue weighted by Crippen LogP contribution is 2.39. The second-order valence-corrected chi connectivity index (χ2v) is 12.0. The van der Waals surface area contributed by atoms with Crippen LogP contribution < -0.4 is 0 Å². The number of hydrogen-bond acceptors (Lipinski definition) is 2. The Bertz CT molecular complexity index is 355. The van der Waals surface area contributed by atoms with E-state index in [9.17, 15) is 0 Å². The molecule has 1 aliphatic carbocycles. The Morgan fingerprint density at radius 3 is 2.56 bits per heavy atom. The van der Waals surface area contributed by atoms with Crippen LogP contribution in [-0.4, -0.2) is 14.4 Å². The molecule has 1 aromatic rings. The Morgan fingerprint density at radius 2 is 2.00 bits per heavy atom. The van der Waals surface area contributed by atoms with Gasteiger partial charge in [-0.15, -0.1) is 11.3 Å². The van der Waals surface area contributed by atoms with Gasteiger partial charge in [-0.1, -0.05) is 20.8 Å². The fourth-order valence-electron chi connectivity index (χ4n) is 1.93. The molecule has 3 heteroatoms. The summed E-state index contributed by atoms with van der Waals surface area (Å²) in [4.78, 5) is 1.55. The molecule has 0 saturated heterocycles. The van der Waals surface area contributed by atoms with E-state index in [1.165, 1.54) is 5.56 Å². The Morgan fingerprint density at radius 1 is 1.31 bits per heavy atom. The van der Waals surface area contributed by atoms with Crippen molar-refractivity contribution in [2.75, 3.05) is 0 Å². The Hall–Kier alpha value is -0.123. The molecule has 16 heavy (non-hydrogen) atoms. The zero-order valence-electron chi connectivity index (χ0n) is 11.0. The van der Waals surface area contributed by atoms with Crippen molar-refractivity contribution in [2.24, 2.45) is 0 Å². The summed E-state index contributed by atoms with van der Waals surface area (Å²) in [7, 11) is -1.58. The standard InChI is InChI=1S/C13H22OSSi/c1-13(2,3)16(4,5)14-11-8-10-6-7-15-12(10)9-11/h6-7,11H,8-9H2,1-5H3. The first kappa shape index (κ1) is 12.3. The number of thiophene rings is 1. The molecule has 0 fully saturated rings. The van der Waals surface area contributed by atoms with E-state index in [0.29, 0.717) is 11.1 Å². The Balaban J connectivity index is 2.01. The molecule has 1 aliphatic rings.